The molecule has 126 valence electrons. The Labute approximate surface area is 141 Å². The summed E-state index contributed by atoms with van der Waals surface area (Å²) in [4.78, 5) is 2.63. The number of nitrogens with zero attached hydrogens (tertiary/aromatic N) is 1. The van der Waals surface area contributed by atoms with Gasteiger partial charge in [-0.25, -0.2) is 0 Å². The van der Waals surface area contributed by atoms with Crippen LogP contribution in [0.2, 0.25) is 0 Å². The molecular formula is C21H31NO. The highest BCUT2D eigenvalue weighted by molar-refractivity contribution is 5.40. The summed E-state index contributed by atoms with van der Waals surface area (Å²) in [6, 6.07) is 8.09. The monoisotopic (exact) mass is 313 g/mol. The van der Waals surface area contributed by atoms with Gasteiger partial charge in [-0.3, -0.25) is 0 Å². The molecule has 2 aliphatic rings. The molecule has 1 aliphatic carbocycles. The van der Waals surface area contributed by atoms with E-state index in [1.165, 1.54) is 69.3 Å². The second-order valence-corrected chi connectivity index (χ2v) is 7.74. The van der Waals surface area contributed by atoms with Gasteiger partial charge >= 0.3 is 0 Å². The molecule has 2 nitrogen and oxygen atoms in total. The number of likely N-dealkylation sites (tertiary alicyclic amines) is 1. The van der Waals surface area contributed by atoms with Crippen molar-refractivity contribution in [2.75, 3.05) is 19.6 Å². The van der Waals surface area contributed by atoms with Crippen LogP contribution in [0.5, 0.6) is 5.75 Å². The average molecular weight is 313 g/mol. The van der Waals surface area contributed by atoms with E-state index in [0.29, 0.717) is 11.7 Å². The molecule has 1 unspecified atom stereocenters. The summed E-state index contributed by atoms with van der Waals surface area (Å²) in [5, 5.41) is 10.4. The summed E-state index contributed by atoms with van der Waals surface area (Å²) in [5.74, 6) is 1.21. The number of aromatic hydroxyl groups is 1. The van der Waals surface area contributed by atoms with Crippen molar-refractivity contribution in [2.24, 2.45) is 5.92 Å². The van der Waals surface area contributed by atoms with Gasteiger partial charge in [-0.15, -0.1) is 0 Å². The summed E-state index contributed by atoms with van der Waals surface area (Å²) >= 11 is 0. The Hall–Kier alpha value is -1.28. The second-order valence-electron chi connectivity index (χ2n) is 7.74. The normalized spacial score (nSPS) is 24.0. The minimum Gasteiger partial charge on any atom is -0.508 e. The first-order valence-electron chi connectivity index (χ1n) is 9.26. The number of para-hydroxylation sites is 1. The molecule has 3 rings (SSSR count). The molecule has 1 aromatic rings. The van der Waals surface area contributed by atoms with Crippen LogP contribution in [0.15, 0.2) is 35.9 Å². The quantitative estimate of drug-likeness (QED) is 0.783. The zero-order chi connectivity index (χ0) is 16.3. The minimum absolute atomic E-state index is 0.219. The Balaban J connectivity index is 1.73. The van der Waals surface area contributed by atoms with Gasteiger partial charge in [0.25, 0.3) is 0 Å². The lowest BCUT2D eigenvalue weighted by Crippen LogP contribution is -2.35. The standard InChI is InChI=1S/C21H31NO/c1-17(2)8-7-14-22-15-11-18(16-22)21(12-5-6-13-21)19-9-3-4-10-20(19)23/h3-4,8-10,18,23H,5-7,11-16H2,1-2H3. The van der Waals surface area contributed by atoms with Crippen molar-refractivity contribution in [1.82, 2.24) is 4.90 Å². The van der Waals surface area contributed by atoms with E-state index in [2.05, 4.69) is 37.0 Å². The molecule has 1 aliphatic heterocycles. The number of rotatable bonds is 5. The Kier molecular flexibility index (Phi) is 5.11. The molecule has 1 saturated carbocycles. The third-order valence-electron chi connectivity index (χ3n) is 5.99. The fraction of sp³-hybridized carbons (Fsp3) is 0.619. The highest BCUT2D eigenvalue weighted by atomic mass is 16.3. The summed E-state index contributed by atoms with van der Waals surface area (Å²) in [6.45, 7) is 7.96. The van der Waals surface area contributed by atoms with Crippen LogP contribution in [0.4, 0.5) is 0 Å². The van der Waals surface area contributed by atoms with E-state index in [0.717, 1.165) is 0 Å². The van der Waals surface area contributed by atoms with Crippen LogP contribution in [-0.4, -0.2) is 29.6 Å². The van der Waals surface area contributed by atoms with E-state index in [4.69, 9.17) is 0 Å². The summed E-state index contributed by atoms with van der Waals surface area (Å²) in [7, 11) is 0. The van der Waals surface area contributed by atoms with Crippen molar-refractivity contribution in [1.29, 1.82) is 0 Å². The number of phenolic OH excluding ortho intramolecular Hbond substituents is 1. The zero-order valence-electron chi connectivity index (χ0n) is 14.7. The van der Waals surface area contributed by atoms with Gasteiger partial charge < -0.3 is 10.0 Å². The molecule has 1 heterocycles. The van der Waals surface area contributed by atoms with E-state index in [1.54, 1.807) is 0 Å². The maximum Gasteiger partial charge on any atom is 0.119 e. The number of hydrogen-bond donors (Lipinski definition) is 1. The first-order chi connectivity index (χ1) is 11.1. The Morgan fingerprint density at radius 1 is 1.26 bits per heavy atom. The molecule has 0 amide bonds. The maximum atomic E-state index is 10.4. The molecule has 23 heavy (non-hydrogen) atoms. The number of hydrogen-bond acceptors (Lipinski definition) is 2. The SMILES string of the molecule is CC(C)=CCCN1CCC(C2(c3ccccc3O)CCCC2)C1. The zero-order valence-corrected chi connectivity index (χ0v) is 14.7. The smallest absolute Gasteiger partial charge is 0.119 e. The van der Waals surface area contributed by atoms with Crippen molar-refractivity contribution in [3.8, 4) is 5.75 Å². The van der Waals surface area contributed by atoms with Gasteiger partial charge in [-0.05, 0) is 58.1 Å². The average Bonchev–Trinajstić information content (AvgIpc) is 3.17. The number of benzene rings is 1. The minimum atomic E-state index is 0.219. The van der Waals surface area contributed by atoms with E-state index >= 15 is 0 Å². The van der Waals surface area contributed by atoms with Gasteiger partial charge in [0.1, 0.15) is 5.75 Å². The van der Waals surface area contributed by atoms with Crippen LogP contribution in [0.3, 0.4) is 0 Å². The predicted molar refractivity (Wildman–Crippen MR) is 96.8 cm³/mol. The molecule has 0 radical (unpaired) electrons. The van der Waals surface area contributed by atoms with Crippen LogP contribution in [0.1, 0.15) is 57.9 Å². The number of allylic oxidation sites excluding steroid dienone is 1. The Morgan fingerprint density at radius 2 is 2.00 bits per heavy atom. The fourth-order valence-electron chi connectivity index (χ4n) is 4.82. The van der Waals surface area contributed by atoms with Crippen molar-refractivity contribution >= 4 is 0 Å². The van der Waals surface area contributed by atoms with Crippen molar-refractivity contribution < 1.29 is 5.11 Å². The third kappa shape index (κ3) is 3.47. The molecule has 1 saturated heterocycles. The summed E-state index contributed by atoms with van der Waals surface area (Å²) in [5.41, 5.74) is 2.85. The summed E-state index contributed by atoms with van der Waals surface area (Å²) < 4.78 is 0. The van der Waals surface area contributed by atoms with Crippen molar-refractivity contribution in [3.63, 3.8) is 0 Å². The lowest BCUT2D eigenvalue weighted by molar-refractivity contribution is 0.248. The molecule has 2 heteroatoms. The van der Waals surface area contributed by atoms with Crippen LogP contribution < -0.4 is 0 Å². The van der Waals surface area contributed by atoms with Crippen LogP contribution in [-0.2, 0) is 5.41 Å². The molecule has 2 fully saturated rings. The third-order valence-corrected chi connectivity index (χ3v) is 5.99. The molecule has 1 atom stereocenters. The van der Waals surface area contributed by atoms with Crippen LogP contribution >= 0.6 is 0 Å². The molecule has 0 bridgehead atoms. The summed E-state index contributed by atoms with van der Waals surface area (Å²) in [6.07, 6.45) is 9.91. The Morgan fingerprint density at radius 3 is 2.70 bits per heavy atom. The second kappa shape index (κ2) is 7.09. The largest absolute Gasteiger partial charge is 0.508 e. The predicted octanol–water partition coefficient (Wildman–Crippen LogP) is 4.88. The Bertz CT molecular complexity index is 553. The van der Waals surface area contributed by atoms with Gasteiger partial charge in [-0.2, -0.15) is 0 Å². The van der Waals surface area contributed by atoms with Gasteiger partial charge in [-0.1, -0.05) is 42.7 Å². The van der Waals surface area contributed by atoms with E-state index < -0.39 is 0 Å². The topological polar surface area (TPSA) is 23.5 Å². The van der Waals surface area contributed by atoms with Crippen LogP contribution in [0.25, 0.3) is 0 Å². The maximum absolute atomic E-state index is 10.4. The highest BCUT2D eigenvalue weighted by Gasteiger charge is 2.46. The molecule has 0 spiro atoms. The number of phenols is 1. The van der Waals surface area contributed by atoms with Crippen molar-refractivity contribution in [2.45, 2.75) is 57.8 Å². The molecule has 0 aromatic heterocycles. The highest BCUT2D eigenvalue weighted by Crippen LogP contribution is 2.51. The fourth-order valence-corrected chi connectivity index (χ4v) is 4.82. The first-order valence-corrected chi connectivity index (χ1v) is 9.26. The first kappa shape index (κ1) is 16.6. The van der Waals surface area contributed by atoms with E-state index in [-0.39, 0.29) is 5.41 Å². The molecule has 1 N–H and O–H groups in total. The van der Waals surface area contributed by atoms with Gasteiger partial charge in [0.2, 0.25) is 0 Å². The van der Waals surface area contributed by atoms with Gasteiger partial charge in [0, 0.05) is 24.1 Å². The van der Waals surface area contributed by atoms with E-state index in [9.17, 15) is 5.11 Å². The van der Waals surface area contributed by atoms with E-state index in [1.807, 2.05) is 12.1 Å². The van der Waals surface area contributed by atoms with Gasteiger partial charge in [0.05, 0.1) is 0 Å². The molecule has 1 aromatic carbocycles. The lowest BCUT2D eigenvalue weighted by Gasteiger charge is -2.36. The van der Waals surface area contributed by atoms with Gasteiger partial charge in [0.15, 0.2) is 0 Å². The lowest BCUT2D eigenvalue weighted by atomic mass is 9.68. The van der Waals surface area contributed by atoms with Crippen molar-refractivity contribution in [3.05, 3.63) is 41.5 Å². The van der Waals surface area contributed by atoms with Crippen LogP contribution in [0, 0.1) is 5.92 Å². The molecular weight excluding hydrogens is 282 g/mol.